The molecule has 2 aromatic rings. The molecule has 0 fully saturated rings. The lowest BCUT2D eigenvalue weighted by molar-refractivity contribution is -0.385. The molecule has 0 spiro atoms. The molecule has 1 N–H and O–H groups in total. The molecule has 108 valence electrons. The van der Waals surface area contributed by atoms with Crippen molar-refractivity contribution in [2.24, 2.45) is 0 Å². The molecule has 0 saturated carbocycles. The number of hydrogen-bond donors (Lipinski definition) is 1. The number of rotatable bonds is 3. The van der Waals surface area contributed by atoms with Crippen molar-refractivity contribution < 1.29 is 9.72 Å². The van der Waals surface area contributed by atoms with Crippen molar-refractivity contribution in [1.29, 1.82) is 0 Å². The highest BCUT2D eigenvalue weighted by Gasteiger charge is 2.24. The summed E-state index contributed by atoms with van der Waals surface area (Å²) in [4.78, 5) is 26.1. The first kappa shape index (κ1) is 15.4. The van der Waals surface area contributed by atoms with E-state index in [9.17, 15) is 14.9 Å². The van der Waals surface area contributed by atoms with Crippen molar-refractivity contribution in [3.63, 3.8) is 0 Å². The number of halogens is 2. The molecule has 1 aromatic carbocycles. The lowest BCUT2D eigenvalue weighted by atomic mass is 10.2. The molecule has 0 bridgehead atoms. The number of aromatic nitrogens is 1. The summed E-state index contributed by atoms with van der Waals surface area (Å²) >= 11 is 9.03. The highest BCUT2D eigenvalue weighted by molar-refractivity contribution is 9.10. The van der Waals surface area contributed by atoms with Crippen LogP contribution in [-0.2, 0) is 0 Å². The standard InChI is InChI=1S/C13H9BrClN3O3/c1-7-6-8(2-3-10(7)14)17-13(19)9-4-5-16-12(15)11(9)18(20)21/h2-6H,1H3,(H,17,19). The number of nitro groups is 1. The van der Waals surface area contributed by atoms with Crippen LogP contribution < -0.4 is 5.32 Å². The van der Waals surface area contributed by atoms with Gasteiger partial charge >= 0.3 is 5.69 Å². The topological polar surface area (TPSA) is 85.1 Å². The van der Waals surface area contributed by atoms with Gasteiger partial charge in [0.15, 0.2) is 0 Å². The molecule has 0 atom stereocenters. The first-order valence-electron chi connectivity index (χ1n) is 5.76. The van der Waals surface area contributed by atoms with E-state index in [0.29, 0.717) is 5.69 Å². The van der Waals surface area contributed by atoms with E-state index in [2.05, 4.69) is 26.2 Å². The van der Waals surface area contributed by atoms with Crippen LogP contribution in [0.5, 0.6) is 0 Å². The summed E-state index contributed by atoms with van der Waals surface area (Å²) in [5.41, 5.74) is 0.809. The van der Waals surface area contributed by atoms with Gasteiger partial charge in [-0.3, -0.25) is 14.9 Å². The normalized spacial score (nSPS) is 10.2. The number of carbonyl (C=O) groups excluding carboxylic acids is 1. The van der Waals surface area contributed by atoms with Gasteiger partial charge in [0, 0.05) is 16.4 Å². The van der Waals surface area contributed by atoms with Crippen molar-refractivity contribution in [3.05, 3.63) is 61.3 Å². The summed E-state index contributed by atoms with van der Waals surface area (Å²) in [7, 11) is 0. The summed E-state index contributed by atoms with van der Waals surface area (Å²) in [6.07, 6.45) is 1.25. The number of hydrogen-bond acceptors (Lipinski definition) is 4. The number of amides is 1. The van der Waals surface area contributed by atoms with Gasteiger partial charge in [0.2, 0.25) is 5.15 Å². The predicted molar refractivity (Wildman–Crippen MR) is 82.7 cm³/mol. The van der Waals surface area contributed by atoms with Crippen LogP contribution in [0.4, 0.5) is 11.4 Å². The van der Waals surface area contributed by atoms with Gasteiger partial charge in [0.25, 0.3) is 5.91 Å². The van der Waals surface area contributed by atoms with Gasteiger partial charge in [-0.2, -0.15) is 0 Å². The predicted octanol–water partition coefficient (Wildman–Crippen LogP) is 3.97. The highest BCUT2D eigenvalue weighted by atomic mass is 79.9. The molecule has 1 aromatic heterocycles. The number of nitrogens with zero attached hydrogens (tertiary/aromatic N) is 2. The van der Waals surface area contributed by atoms with E-state index in [1.807, 2.05) is 6.92 Å². The molecule has 1 heterocycles. The minimum Gasteiger partial charge on any atom is -0.322 e. The molecular formula is C13H9BrClN3O3. The van der Waals surface area contributed by atoms with Crippen LogP contribution in [0.1, 0.15) is 15.9 Å². The molecule has 0 aliphatic heterocycles. The van der Waals surface area contributed by atoms with E-state index in [1.54, 1.807) is 18.2 Å². The Morgan fingerprint density at radius 1 is 1.43 bits per heavy atom. The average Bonchev–Trinajstić information content (AvgIpc) is 2.42. The van der Waals surface area contributed by atoms with Crippen LogP contribution in [0.2, 0.25) is 5.15 Å². The van der Waals surface area contributed by atoms with E-state index in [4.69, 9.17) is 11.6 Å². The maximum absolute atomic E-state index is 12.2. The molecule has 0 saturated heterocycles. The van der Waals surface area contributed by atoms with Crippen LogP contribution in [0.3, 0.4) is 0 Å². The SMILES string of the molecule is Cc1cc(NC(=O)c2ccnc(Cl)c2[N+](=O)[O-])ccc1Br. The zero-order valence-corrected chi connectivity index (χ0v) is 13.1. The first-order valence-corrected chi connectivity index (χ1v) is 6.93. The fraction of sp³-hybridized carbons (Fsp3) is 0.0769. The number of benzene rings is 1. The second-order valence-electron chi connectivity index (χ2n) is 4.17. The van der Waals surface area contributed by atoms with Crippen LogP contribution in [0, 0.1) is 17.0 Å². The Labute approximate surface area is 133 Å². The molecule has 0 aliphatic carbocycles. The van der Waals surface area contributed by atoms with Crippen molar-refractivity contribution in [3.8, 4) is 0 Å². The van der Waals surface area contributed by atoms with Gasteiger partial charge < -0.3 is 5.32 Å². The summed E-state index contributed by atoms with van der Waals surface area (Å²) in [6, 6.07) is 6.46. The summed E-state index contributed by atoms with van der Waals surface area (Å²) in [5, 5.41) is 13.3. The number of pyridine rings is 1. The Morgan fingerprint density at radius 3 is 2.76 bits per heavy atom. The average molecular weight is 371 g/mol. The van der Waals surface area contributed by atoms with Gasteiger partial charge in [-0.15, -0.1) is 0 Å². The van der Waals surface area contributed by atoms with E-state index < -0.39 is 16.5 Å². The van der Waals surface area contributed by atoms with E-state index >= 15 is 0 Å². The second kappa shape index (κ2) is 6.19. The number of nitrogens with one attached hydrogen (secondary N) is 1. The van der Waals surface area contributed by atoms with E-state index in [0.717, 1.165) is 10.0 Å². The number of aryl methyl sites for hydroxylation is 1. The zero-order chi connectivity index (χ0) is 15.6. The third kappa shape index (κ3) is 3.37. The fourth-order valence-corrected chi connectivity index (χ4v) is 2.18. The Hall–Kier alpha value is -1.99. The van der Waals surface area contributed by atoms with Gasteiger partial charge in [-0.1, -0.05) is 27.5 Å². The molecule has 21 heavy (non-hydrogen) atoms. The smallest absolute Gasteiger partial charge is 0.319 e. The van der Waals surface area contributed by atoms with Crippen LogP contribution in [0.25, 0.3) is 0 Å². The monoisotopic (exact) mass is 369 g/mol. The van der Waals surface area contributed by atoms with Gasteiger partial charge in [0.1, 0.15) is 5.56 Å². The van der Waals surface area contributed by atoms with Crippen LogP contribution in [0.15, 0.2) is 34.9 Å². The molecule has 8 heteroatoms. The van der Waals surface area contributed by atoms with Crippen molar-refractivity contribution in [2.45, 2.75) is 6.92 Å². The first-order chi connectivity index (χ1) is 9.90. The lowest BCUT2D eigenvalue weighted by Crippen LogP contribution is -2.14. The minimum absolute atomic E-state index is 0.138. The number of anilines is 1. The Balaban J connectivity index is 2.35. The molecule has 1 amide bonds. The molecular weight excluding hydrogens is 362 g/mol. The molecule has 6 nitrogen and oxygen atoms in total. The molecule has 0 unspecified atom stereocenters. The maximum Gasteiger partial charge on any atom is 0.319 e. The Morgan fingerprint density at radius 2 is 2.14 bits per heavy atom. The van der Waals surface area contributed by atoms with Crippen LogP contribution in [-0.4, -0.2) is 15.8 Å². The van der Waals surface area contributed by atoms with Gasteiger partial charge in [-0.25, -0.2) is 4.98 Å². The summed E-state index contributed by atoms with van der Waals surface area (Å²) < 4.78 is 0.901. The maximum atomic E-state index is 12.2. The van der Waals surface area contributed by atoms with Crippen molar-refractivity contribution in [1.82, 2.24) is 4.98 Å². The summed E-state index contributed by atoms with van der Waals surface area (Å²) in [5.74, 6) is -0.618. The van der Waals surface area contributed by atoms with Gasteiger partial charge in [0.05, 0.1) is 4.92 Å². The third-order valence-electron chi connectivity index (χ3n) is 2.72. The van der Waals surface area contributed by atoms with Gasteiger partial charge in [-0.05, 0) is 36.8 Å². The van der Waals surface area contributed by atoms with E-state index in [-0.39, 0.29) is 10.7 Å². The van der Waals surface area contributed by atoms with Crippen molar-refractivity contribution in [2.75, 3.05) is 5.32 Å². The zero-order valence-electron chi connectivity index (χ0n) is 10.8. The quantitative estimate of drug-likeness (QED) is 0.503. The second-order valence-corrected chi connectivity index (χ2v) is 5.39. The minimum atomic E-state index is -0.725. The van der Waals surface area contributed by atoms with E-state index in [1.165, 1.54) is 12.3 Å². The third-order valence-corrected chi connectivity index (χ3v) is 3.89. The van der Waals surface area contributed by atoms with Crippen LogP contribution >= 0.6 is 27.5 Å². The highest BCUT2D eigenvalue weighted by Crippen LogP contribution is 2.27. The van der Waals surface area contributed by atoms with Crippen molar-refractivity contribution >= 4 is 44.8 Å². The summed E-state index contributed by atoms with van der Waals surface area (Å²) in [6.45, 7) is 1.87. The fourth-order valence-electron chi connectivity index (χ4n) is 1.71. The molecule has 0 radical (unpaired) electrons. The number of carbonyl (C=O) groups is 1. The largest absolute Gasteiger partial charge is 0.322 e. The Kier molecular flexibility index (Phi) is 4.54. The molecule has 2 rings (SSSR count). The molecule has 0 aliphatic rings. The lowest BCUT2D eigenvalue weighted by Gasteiger charge is -2.07. The Bertz CT molecular complexity index is 737.